The van der Waals surface area contributed by atoms with Gasteiger partial charge in [0.25, 0.3) is 0 Å². The number of rotatable bonds is 4. The Bertz CT molecular complexity index is 576. The fourth-order valence-corrected chi connectivity index (χ4v) is 2.61. The molecule has 0 bridgehead atoms. The predicted molar refractivity (Wildman–Crippen MR) is 72.8 cm³/mol. The highest BCUT2D eigenvalue weighted by molar-refractivity contribution is 5.76. The first-order valence-electron chi connectivity index (χ1n) is 6.72. The zero-order valence-corrected chi connectivity index (χ0v) is 11.5. The summed E-state index contributed by atoms with van der Waals surface area (Å²) in [6.07, 6.45) is 3.83. The number of likely N-dealkylation sites (N-methyl/N-ethyl adjacent to an activating group) is 1. The molecule has 2 aromatic heterocycles. The van der Waals surface area contributed by atoms with Gasteiger partial charge in [0.2, 0.25) is 5.91 Å². The van der Waals surface area contributed by atoms with Gasteiger partial charge in [-0.05, 0) is 25.2 Å². The summed E-state index contributed by atoms with van der Waals surface area (Å²) in [5, 5.41) is 7.21. The lowest BCUT2D eigenvalue weighted by molar-refractivity contribution is -0.122. The SMILES string of the molecule is CN1Cc2ccnn2C(CC(=O)NCc2ccco2)C1. The van der Waals surface area contributed by atoms with Crippen LogP contribution in [0.25, 0.3) is 0 Å². The Hall–Kier alpha value is -2.08. The number of aromatic nitrogens is 2. The summed E-state index contributed by atoms with van der Waals surface area (Å²) < 4.78 is 7.16. The van der Waals surface area contributed by atoms with Crippen LogP contribution in [0.4, 0.5) is 0 Å². The molecule has 0 spiro atoms. The number of carbonyl (C=O) groups is 1. The first kappa shape index (κ1) is 12.9. The molecule has 0 aromatic carbocycles. The lowest BCUT2D eigenvalue weighted by atomic mass is 10.1. The molecule has 1 aliphatic heterocycles. The fraction of sp³-hybridized carbons (Fsp3) is 0.429. The van der Waals surface area contributed by atoms with Gasteiger partial charge in [-0.2, -0.15) is 5.10 Å². The highest BCUT2D eigenvalue weighted by Gasteiger charge is 2.25. The van der Waals surface area contributed by atoms with E-state index < -0.39 is 0 Å². The first-order valence-corrected chi connectivity index (χ1v) is 6.72. The summed E-state index contributed by atoms with van der Waals surface area (Å²) in [4.78, 5) is 14.2. The zero-order chi connectivity index (χ0) is 13.9. The van der Waals surface area contributed by atoms with Gasteiger partial charge in [-0.15, -0.1) is 0 Å². The van der Waals surface area contributed by atoms with Crippen LogP contribution < -0.4 is 5.32 Å². The lowest BCUT2D eigenvalue weighted by Crippen LogP contribution is -2.38. The van der Waals surface area contributed by atoms with E-state index in [2.05, 4.69) is 22.4 Å². The number of hydrogen-bond acceptors (Lipinski definition) is 4. The number of furan rings is 1. The van der Waals surface area contributed by atoms with E-state index in [1.165, 1.54) is 0 Å². The number of hydrogen-bond donors (Lipinski definition) is 1. The van der Waals surface area contributed by atoms with Crippen molar-refractivity contribution in [2.24, 2.45) is 0 Å². The summed E-state index contributed by atoms with van der Waals surface area (Å²) in [5.41, 5.74) is 1.16. The summed E-state index contributed by atoms with van der Waals surface area (Å²) in [6.45, 7) is 2.15. The van der Waals surface area contributed by atoms with E-state index in [0.717, 1.165) is 24.5 Å². The topological polar surface area (TPSA) is 63.3 Å². The monoisotopic (exact) mass is 274 g/mol. The van der Waals surface area contributed by atoms with Crippen molar-refractivity contribution in [1.82, 2.24) is 20.0 Å². The highest BCUT2D eigenvalue weighted by Crippen LogP contribution is 2.21. The number of nitrogens with one attached hydrogen (secondary N) is 1. The normalized spacial score (nSPS) is 18.8. The van der Waals surface area contributed by atoms with Gasteiger partial charge >= 0.3 is 0 Å². The van der Waals surface area contributed by atoms with Gasteiger partial charge in [0.1, 0.15) is 5.76 Å². The quantitative estimate of drug-likeness (QED) is 0.909. The van der Waals surface area contributed by atoms with Crippen molar-refractivity contribution in [1.29, 1.82) is 0 Å². The molecule has 0 radical (unpaired) electrons. The molecule has 1 N–H and O–H groups in total. The second kappa shape index (κ2) is 5.50. The molecule has 6 heteroatoms. The van der Waals surface area contributed by atoms with Crippen molar-refractivity contribution in [3.05, 3.63) is 42.1 Å². The third-order valence-electron chi connectivity index (χ3n) is 3.51. The minimum Gasteiger partial charge on any atom is -0.467 e. The Morgan fingerprint density at radius 3 is 3.25 bits per heavy atom. The second-order valence-electron chi connectivity index (χ2n) is 5.18. The van der Waals surface area contributed by atoms with Crippen LogP contribution in [0.5, 0.6) is 0 Å². The molecular formula is C14H18N4O2. The molecule has 1 amide bonds. The van der Waals surface area contributed by atoms with Gasteiger partial charge in [-0.3, -0.25) is 14.4 Å². The van der Waals surface area contributed by atoms with Crippen LogP contribution in [0.2, 0.25) is 0 Å². The minimum atomic E-state index is 0.0168. The number of nitrogens with zero attached hydrogens (tertiary/aromatic N) is 3. The molecule has 3 rings (SSSR count). The van der Waals surface area contributed by atoms with Crippen LogP contribution in [0.3, 0.4) is 0 Å². The van der Waals surface area contributed by atoms with Crippen molar-refractivity contribution in [2.45, 2.75) is 25.6 Å². The van der Waals surface area contributed by atoms with E-state index in [1.807, 2.05) is 22.9 Å². The fourth-order valence-electron chi connectivity index (χ4n) is 2.61. The average molecular weight is 274 g/mol. The van der Waals surface area contributed by atoms with E-state index >= 15 is 0 Å². The molecule has 2 aromatic rings. The van der Waals surface area contributed by atoms with Crippen LogP contribution in [-0.4, -0.2) is 34.2 Å². The van der Waals surface area contributed by atoms with E-state index in [-0.39, 0.29) is 11.9 Å². The molecular weight excluding hydrogens is 256 g/mol. The van der Waals surface area contributed by atoms with E-state index in [0.29, 0.717) is 13.0 Å². The van der Waals surface area contributed by atoms with Crippen LogP contribution in [0.1, 0.15) is 23.9 Å². The maximum absolute atomic E-state index is 12.0. The van der Waals surface area contributed by atoms with Gasteiger partial charge < -0.3 is 9.73 Å². The van der Waals surface area contributed by atoms with Gasteiger partial charge in [0.05, 0.1) is 31.0 Å². The van der Waals surface area contributed by atoms with Gasteiger partial charge in [-0.1, -0.05) is 0 Å². The summed E-state index contributed by atoms with van der Waals surface area (Å²) in [6, 6.07) is 5.76. The Morgan fingerprint density at radius 2 is 2.45 bits per heavy atom. The van der Waals surface area contributed by atoms with E-state index in [1.54, 1.807) is 12.5 Å². The number of amides is 1. The van der Waals surface area contributed by atoms with Crippen LogP contribution in [-0.2, 0) is 17.9 Å². The Morgan fingerprint density at radius 1 is 1.55 bits per heavy atom. The maximum Gasteiger partial charge on any atom is 0.222 e. The van der Waals surface area contributed by atoms with Crippen LogP contribution in [0, 0.1) is 0 Å². The molecule has 0 saturated carbocycles. The van der Waals surface area contributed by atoms with Crippen molar-refractivity contribution < 1.29 is 9.21 Å². The molecule has 0 saturated heterocycles. The van der Waals surface area contributed by atoms with Crippen molar-refractivity contribution in [3.8, 4) is 0 Å². The molecule has 20 heavy (non-hydrogen) atoms. The molecule has 1 unspecified atom stereocenters. The van der Waals surface area contributed by atoms with Crippen molar-refractivity contribution >= 4 is 5.91 Å². The van der Waals surface area contributed by atoms with Crippen LogP contribution in [0.15, 0.2) is 35.1 Å². The summed E-state index contributed by atoms with van der Waals surface area (Å²) >= 11 is 0. The smallest absolute Gasteiger partial charge is 0.222 e. The van der Waals surface area contributed by atoms with Crippen LogP contribution >= 0.6 is 0 Å². The number of fused-ring (bicyclic) bond motifs is 1. The second-order valence-corrected chi connectivity index (χ2v) is 5.18. The first-order chi connectivity index (χ1) is 9.72. The van der Waals surface area contributed by atoms with E-state index in [9.17, 15) is 4.79 Å². The molecule has 3 heterocycles. The van der Waals surface area contributed by atoms with E-state index in [4.69, 9.17) is 4.42 Å². The van der Waals surface area contributed by atoms with Gasteiger partial charge in [-0.25, -0.2) is 0 Å². The van der Waals surface area contributed by atoms with Gasteiger partial charge in [0.15, 0.2) is 0 Å². The average Bonchev–Trinajstić information content (AvgIpc) is 3.06. The van der Waals surface area contributed by atoms with Crippen molar-refractivity contribution in [2.75, 3.05) is 13.6 Å². The highest BCUT2D eigenvalue weighted by atomic mass is 16.3. The number of carbonyl (C=O) groups excluding carboxylic acids is 1. The predicted octanol–water partition coefficient (Wildman–Crippen LogP) is 1.17. The molecule has 1 aliphatic rings. The third kappa shape index (κ3) is 2.75. The summed E-state index contributed by atoms with van der Waals surface area (Å²) in [7, 11) is 2.06. The lowest BCUT2D eigenvalue weighted by Gasteiger charge is -2.30. The van der Waals surface area contributed by atoms with Gasteiger partial charge in [0, 0.05) is 19.3 Å². The third-order valence-corrected chi connectivity index (χ3v) is 3.51. The maximum atomic E-state index is 12.0. The minimum absolute atomic E-state index is 0.0168. The van der Waals surface area contributed by atoms with Crippen molar-refractivity contribution in [3.63, 3.8) is 0 Å². The molecule has 6 nitrogen and oxygen atoms in total. The Labute approximate surface area is 117 Å². The molecule has 1 atom stereocenters. The molecule has 0 aliphatic carbocycles. The summed E-state index contributed by atoms with van der Waals surface area (Å²) in [5.74, 6) is 0.780. The Kier molecular flexibility index (Phi) is 3.56. The largest absolute Gasteiger partial charge is 0.467 e. The molecule has 0 fully saturated rings. The zero-order valence-electron chi connectivity index (χ0n) is 11.5. The molecule has 106 valence electrons. The standard InChI is InChI=1S/C14H18N4O2/c1-17-9-11-4-5-16-18(11)12(10-17)7-14(19)15-8-13-3-2-6-20-13/h2-6,12H,7-10H2,1H3,(H,15,19). The Balaban J connectivity index is 1.59.